The van der Waals surface area contributed by atoms with Crippen molar-refractivity contribution in [3.63, 3.8) is 0 Å². The highest BCUT2D eigenvalue weighted by Gasteiger charge is 2.02. The Kier molecular flexibility index (Phi) is 4.03. The molecule has 1 rings (SSSR count). The Labute approximate surface area is 84.5 Å². The molecule has 0 saturated carbocycles. The molecule has 70 valence electrons. The van der Waals surface area contributed by atoms with Crippen LogP contribution >= 0.6 is 11.8 Å². The van der Waals surface area contributed by atoms with E-state index in [-0.39, 0.29) is 0 Å². The standard InChI is InChI=1S/C11H16NS/c1-10(2)12-7-4-11(5-8-12)6-9-13-3/h4-10H,1-3H3/q+1/b9-6+. The summed E-state index contributed by atoms with van der Waals surface area (Å²) < 4.78 is 2.19. The molecule has 1 nitrogen and oxygen atoms in total. The first-order chi connectivity index (χ1) is 6.24. The van der Waals surface area contributed by atoms with Crippen LogP contribution in [0.2, 0.25) is 0 Å². The Morgan fingerprint density at radius 3 is 2.38 bits per heavy atom. The maximum Gasteiger partial charge on any atom is 0.169 e. The zero-order chi connectivity index (χ0) is 9.68. The number of thioether (sulfide) groups is 1. The summed E-state index contributed by atoms with van der Waals surface area (Å²) in [5, 5.41) is 2.09. The summed E-state index contributed by atoms with van der Waals surface area (Å²) in [7, 11) is 0. The first-order valence-electron chi connectivity index (χ1n) is 4.44. The third-order valence-corrected chi connectivity index (χ3v) is 2.28. The van der Waals surface area contributed by atoms with Crippen molar-refractivity contribution in [3.05, 3.63) is 35.5 Å². The van der Waals surface area contributed by atoms with Crippen LogP contribution in [0.15, 0.2) is 29.9 Å². The van der Waals surface area contributed by atoms with Gasteiger partial charge in [-0.3, -0.25) is 0 Å². The average Bonchev–Trinajstić information content (AvgIpc) is 2.15. The molecule has 0 atom stereocenters. The molecule has 0 fully saturated rings. The molecule has 0 spiro atoms. The molecule has 13 heavy (non-hydrogen) atoms. The molecule has 2 heteroatoms. The molecule has 0 N–H and O–H groups in total. The van der Waals surface area contributed by atoms with Crippen molar-refractivity contribution in [2.24, 2.45) is 0 Å². The summed E-state index contributed by atoms with van der Waals surface area (Å²) in [6.07, 6.45) is 8.42. The van der Waals surface area contributed by atoms with E-state index in [1.807, 2.05) is 0 Å². The summed E-state index contributed by atoms with van der Waals surface area (Å²) >= 11 is 1.72. The van der Waals surface area contributed by atoms with Gasteiger partial charge in [0.05, 0.1) is 0 Å². The van der Waals surface area contributed by atoms with Crippen LogP contribution in [0, 0.1) is 0 Å². The number of rotatable bonds is 3. The van der Waals surface area contributed by atoms with E-state index in [2.05, 4.69) is 60.7 Å². The smallest absolute Gasteiger partial charge is 0.169 e. The maximum absolute atomic E-state index is 2.19. The minimum absolute atomic E-state index is 0.540. The summed E-state index contributed by atoms with van der Waals surface area (Å²) in [5.74, 6) is 0. The number of hydrogen-bond acceptors (Lipinski definition) is 1. The van der Waals surface area contributed by atoms with Crippen molar-refractivity contribution >= 4 is 17.8 Å². The van der Waals surface area contributed by atoms with Crippen LogP contribution in [0.25, 0.3) is 6.08 Å². The molecule has 0 aliphatic heterocycles. The van der Waals surface area contributed by atoms with Crippen molar-refractivity contribution in [2.45, 2.75) is 19.9 Å². The molecular formula is C11H16NS+. The highest BCUT2D eigenvalue weighted by atomic mass is 32.2. The molecule has 0 amide bonds. The summed E-state index contributed by atoms with van der Waals surface area (Å²) in [6.45, 7) is 4.36. The number of pyridine rings is 1. The molecule has 0 aromatic carbocycles. The number of nitrogens with zero attached hydrogens (tertiary/aromatic N) is 1. The molecule has 0 radical (unpaired) electrons. The SMILES string of the molecule is CS/C=C/c1cc[n+](C(C)C)cc1. The lowest BCUT2D eigenvalue weighted by Gasteiger charge is -1.99. The van der Waals surface area contributed by atoms with Crippen molar-refractivity contribution < 1.29 is 4.57 Å². The topological polar surface area (TPSA) is 3.88 Å². The van der Waals surface area contributed by atoms with Gasteiger partial charge in [0.15, 0.2) is 18.4 Å². The van der Waals surface area contributed by atoms with Crippen LogP contribution in [0.1, 0.15) is 25.5 Å². The van der Waals surface area contributed by atoms with Crippen LogP contribution in [-0.4, -0.2) is 6.26 Å². The zero-order valence-corrected chi connectivity index (χ0v) is 9.21. The third kappa shape index (κ3) is 3.23. The van der Waals surface area contributed by atoms with Crippen LogP contribution in [0.3, 0.4) is 0 Å². The Morgan fingerprint density at radius 1 is 1.31 bits per heavy atom. The fraction of sp³-hybridized carbons (Fsp3) is 0.364. The van der Waals surface area contributed by atoms with Crippen molar-refractivity contribution in [2.75, 3.05) is 6.26 Å². The first-order valence-corrected chi connectivity index (χ1v) is 5.73. The van der Waals surface area contributed by atoms with E-state index in [9.17, 15) is 0 Å². The number of hydrogen-bond donors (Lipinski definition) is 0. The van der Waals surface area contributed by atoms with E-state index in [0.29, 0.717) is 6.04 Å². The molecule has 0 unspecified atom stereocenters. The molecule has 0 saturated heterocycles. The molecule has 0 bridgehead atoms. The van der Waals surface area contributed by atoms with Gasteiger partial charge in [-0.15, -0.1) is 11.8 Å². The monoisotopic (exact) mass is 194 g/mol. The van der Waals surface area contributed by atoms with Crippen LogP contribution in [0.4, 0.5) is 0 Å². The van der Waals surface area contributed by atoms with Crippen molar-refractivity contribution in [1.82, 2.24) is 0 Å². The third-order valence-electron chi connectivity index (χ3n) is 1.87. The summed E-state index contributed by atoms with van der Waals surface area (Å²) in [4.78, 5) is 0. The van der Waals surface area contributed by atoms with Crippen molar-refractivity contribution in [1.29, 1.82) is 0 Å². The molecule has 0 aliphatic rings. The van der Waals surface area contributed by atoms with Crippen LogP contribution < -0.4 is 4.57 Å². The van der Waals surface area contributed by atoms with E-state index >= 15 is 0 Å². The van der Waals surface area contributed by atoms with Crippen molar-refractivity contribution in [3.8, 4) is 0 Å². The summed E-state index contributed by atoms with van der Waals surface area (Å²) in [5.41, 5.74) is 1.26. The Morgan fingerprint density at radius 2 is 1.92 bits per heavy atom. The normalized spacial score (nSPS) is 11.4. The van der Waals surface area contributed by atoms with Gasteiger partial charge in [0.25, 0.3) is 0 Å². The molecule has 1 heterocycles. The Bertz CT molecular complexity index is 275. The highest BCUT2D eigenvalue weighted by molar-refractivity contribution is 8.01. The van der Waals surface area contributed by atoms with Gasteiger partial charge in [0.2, 0.25) is 0 Å². The van der Waals surface area contributed by atoms with E-state index in [1.165, 1.54) is 5.56 Å². The molecule has 1 aromatic heterocycles. The Balaban J connectivity index is 2.75. The molecular weight excluding hydrogens is 178 g/mol. The van der Waals surface area contributed by atoms with E-state index in [1.54, 1.807) is 11.8 Å². The van der Waals surface area contributed by atoms with Gasteiger partial charge < -0.3 is 0 Å². The lowest BCUT2D eigenvalue weighted by atomic mass is 10.2. The fourth-order valence-electron chi connectivity index (χ4n) is 1.05. The number of aromatic nitrogens is 1. The predicted octanol–water partition coefficient (Wildman–Crippen LogP) is 2.89. The second-order valence-corrected chi connectivity index (χ2v) is 3.95. The van der Waals surface area contributed by atoms with Crippen LogP contribution in [0.5, 0.6) is 0 Å². The average molecular weight is 194 g/mol. The zero-order valence-electron chi connectivity index (χ0n) is 8.40. The maximum atomic E-state index is 2.19. The molecule has 1 aromatic rings. The minimum atomic E-state index is 0.540. The van der Waals surface area contributed by atoms with Gasteiger partial charge in [-0.2, -0.15) is 0 Å². The van der Waals surface area contributed by atoms with Gasteiger partial charge >= 0.3 is 0 Å². The molecule has 0 aliphatic carbocycles. The largest absolute Gasteiger partial charge is 0.203 e. The lowest BCUT2D eigenvalue weighted by Crippen LogP contribution is -2.34. The predicted molar refractivity (Wildman–Crippen MR) is 59.6 cm³/mol. The van der Waals surface area contributed by atoms with E-state index in [0.717, 1.165) is 0 Å². The van der Waals surface area contributed by atoms with Gasteiger partial charge in [0, 0.05) is 12.1 Å². The van der Waals surface area contributed by atoms with Gasteiger partial charge in [-0.25, -0.2) is 4.57 Å². The Hall–Kier alpha value is -0.760. The lowest BCUT2D eigenvalue weighted by molar-refractivity contribution is -0.716. The first kappa shape index (κ1) is 10.3. The van der Waals surface area contributed by atoms with E-state index in [4.69, 9.17) is 0 Å². The van der Waals surface area contributed by atoms with Gasteiger partial charge in [0.1, 0.15) is 0 Å². The quantitative estimate of drug-likeness (QED) is 0.669. The van der Waals surface area contributed by atoms with Gasteiger partial charge in [-0.05, 0) is 37.2 Å². The second-order valence-electron chi connectivity index (χ2n) is 3.21. The highest BCUT2D eigenvalue weighted by Crippen LogP contribution is 2.04. The second kappa shape index (κ2) is 5.07. The van der Waals surface area contributed by atoms with E-state index < -0.39 is 0 Å². The fourth-order valence-corrected chi connectivity index (χ4v) is 1.34. The summed E-state index contributed by atoms with van der Waals surface area (Å²) in [6, 6.07) is 4.80. The van der Waals surface area contributed by atoms with Gasteiger partial charge in [-0.1, -0.05) is 0 Å². The minimum Gasteiger partial charge on any atom is -0.203 e. The van der Waals surface area contributed by atoms with Crippen LogP contribution in [-0.2, 0) is 0 Å².